The zero-order valence-corrected chi connectivity index (χ0v) is 13.5. The molecule has 0 amide bonds. The van der Waals surface area contributed by atoms with Gasteiger partial charge in [0.1, 0.15) is 0 Å². The molecule has 1 N–H and O–H groups in total. The van der Waals surface area contributed by atoms with Crippen molar-refractivity contribution in [3.63, 3.8) is 0 Å². The molecule has 4 heteroatoms. The number of nitrogens with one attached hydrogen (secondary N) is 1. The van der Waals surface area contributed by atoms with E-state index in [2.05, 4.69) is 54.0 Å². The van der Waals surface area contributed by atoms with Gasteiger partial charge in [0.05, 0.1) is 11.4 Å². The van der Waals surface area contributed by atoms with Crippen molar-refractivity contribution in [3.05, 3.63) is 17.5 Å². The van der Waals surface area contributed by atoms with E-state index in [-0.39, 0.29) is 0 Å². The van der Waals surface area contributed by atoms with E-state index in [0.29, 0.717) is 0 Å². The summed E-state index contributed by atoms with van der Waals surface area (Å²) in [6.07, 6.45) is 6.25. The topological polar surface area (TPSA) is 33.1 Å². The summed E-state index contributed by atoms with van der Waals surface area (Å²) in [5.74, 6) is 0. The van der Waals surface area contributed by atoms with Crippen molar-refractivity contribution in [2.75, 3.05) is 14.1 Å². The van der Waals surface area contributed by atoms with E-state index in [1.54, 1.807) is 0 Å². The predicted molar refractivity (Wildman–Crippen MR) is 83.8 cm³/mol. The molecule has 1 saturated carbocycles. The Morgan fingerprint density at radius 2 is 2.00 bits per heavy atom. The molecule has 0 bridgehead atoms. The van der Waals surface area contributed by atoms with E-state index in [4.69, 9.17) is 0 Å². The van der Waals surface area contributed by atoms with Crippen molar-refractivity contribution in [1.82, 2.24) is 20.0 Å². The number of aromatic nitrogens is 2. The Kier molecular flexibility index (Phi) is 5.61. The second-order valence-electron chi connectivity index (χ2n) is 6.01. The molecule has 2 rings (SSSR count). The summed E-state index contributed by atoms with van der Waals surface area (Å²) in [6.45, 7) is 6.34. The molecule has 1 aromatic heterocycles. The highest BCUT2D eigenvalue weighted by molar-refractivity contribution is 5.10. The van der Waals surface area contributed by atoms with Gasteiger partial charge in [-0.2, -0.15) is 5.10 Å². The number of rotatable bonds is 6. The van der Waals surface area contributed by atoms with Crippen LogP contribution in [0.25, 0.3) is 0 Å². The first-order valence-corrected chi connectivity index (χ1v) is 8.11. The molecule has 4 nitrogen and oxygen atoms in total. The van der Waals surface area contributed by atoms with Crippen molar-refractivity contribution >= 4 is 0 Å². The van der Waals surface area contributed by atoms with E-state index in [1.165, 1.54) is 37.1 Å². The molecule has 0 spiro atoms. The molecule has 1 heterocycles. The maximum absolute atomic E-state index is 4.65. The molecular weight excluding hydrogens is 248 g/mol. The number of nitrogens with zero attached hydrogens (tertiary/aromatic N) is 3. The van der Waals surface area contributed by atoms with Crippen LogP contribution in [0.1, 0.15) is 50.9 Å². The average molecular weight is 278 g/mol. The van der Waals surface area contributed by atoms with Crippen LogP contribution < -0.4 is 5.32 Å². The summed E-state index contributed by atoms with van der Waals surface area (Å²) >= 11 is 0. The maximum Gasteiger partial charge on any atom is 0.0625 e. The van der Waals surface area contributed by atoms with Crippen molar-refractivity contribution in [3.8, 4) is 0 Å². The molecule has 1 aromatic rings. The Morgan fingerprint density at radius 3 is 2.55 bits per heavy atom. The summed E-state index contributed by atoms with van der Waals surface area (Å²) in [5, 5.41) is 8.06. The minimum atomic E-state index is 0.727. The van der Waals surface area contributed by atoms with Gasteiger partial charge < -0.3 is 5.32 Å². The van der Waals surface area contributed by atoms with Gasteiger partial charge in [0.15, 0.2) is 0 Å². The summed E-state index contributed by atoms with van der Waals surface area (Å²) in [5.41, 5.74) is 2.58. The first-order valence-electron chi connectivity index (χ1n) is 8.11. The Hall–Kier alpha value is -0.870. The monoisotopic (exact) mass is 278 g/mol. The normalized spacial score (nSPS) is 23.4. The van der Waals surface area contributed by atoms with Crippen molar-refractivity contribution in [1.29, 1.82) is 0 Å². The second-order valence-corrected chi connectivity index (χ2v) is 6.01. The van der Waals surface area contributed by atoms with Crippen LogP contribution >= 0.6 is 0 Å². The van der Waals surface area contributed by atoms with E-state index < -0.39 is 0 Å². The van der Waals surface area contributed by atoms with Gasteiger partial charge in [-0.15, -0.1) is 0 Å². The van der Waals surface area contributed by atoms with Gasteiger partial charge in [0, 0.05) is 25.2 Å². The second kappa shape index (κ2) is 7.23. The van der Waals surface area contributed by atoms with Crippen molar-refractivity contribution in [2.45, 2.75) is 71.1 Å². The maximum atomic E-state index is 4.65. The standard InChI is InChI=1S/C16H30N4/c1-5-13-11-16(20(6-2)18-13)12-19(4)15-9-7-14(17-3)8-10-15/h11,14-15,17H,5-10,12H2,1-4H3. The first-order chi connectivity index (χ1) is 9.67. The fourth-order valence-electron chi connectivity index (χ4n) is 3.28. The van der Waals surface area contributed by atoms with Crippen molar-refractivity contribution in [2.24, 2.45) is 0 Å². The van der Waals surface area contributed by atoms with Crippen LogP contribution in [-0.4, -0.2) is 40.9 Å². The van der Waals surface area contributed by atoms with Crippen LogP contribution in [0.4, 0.5) is 0 Å². The Balaban J connectivity index is 1.94. The Labute approximate surface area is 123 Å². The molecular formula is C16H30N4. The minimum Gasteiger partial charge on any atom is -0.317 e. The molecule has 0 saturated heterocycles. The summed E-state index contributed by atoms with van der Waals surface area (Å²) in [7, 11) is 4.35. The largest absolute Gasteiger partial charge is 0.317 e. The van der Waals surface area contributed by atoms with Gasteiger partial charge in [0.2, 0.25) is 0 Å². The number of hydrogen-bond acceptors (Lipinski definition) is 3. The molecule has 0 unspecified atom stereocenters. The quantitative estimate of drug-likeness (QED) is 0.867. The Bertz CT molecular complexity index is 405. The zero-order chi connectivity index (χ0) is 14.5. The van der Waals surface area contributed by atoms with Crippen LogP contribution in [0, 0.1) is 0 Å². The van der Waals surface area contributed by atoms with Gasteiger partial charge in [-0.05, 0) is 59.2 Å². The highest BCUT2D eigenvalue weighted by atomic mass is 15.3. The van der Waals surface area contributed by atoms with E-state index >= 15 is 0 Å². The molecule has 114 valence electrons. The number of hydrogen-bond donors (Lipinski definition) is 1. The van der Waals surface area contributed by atoms with Gasteiger partial charge in [0.25, 0.3) is 0 Å². The lowest BCUT2D eigenvalue weighted by Crippen LogP contribution is -2.39. The van der Waals surface area contributed by atoms with Crippen LogP contribution in [0.3, 0.4) is 0 Å². The molecule has 20 heavy (non-hydrogen) atoms. The van der Waals surface area contributed by atoms with Gasteiger partial charge in [-0.3, -0.25) is 9.58 Å². The summed E-state index contributed by atoms with van der Waals surface area (Å²) in [6, 6.07) is 3.73. The zero-order valence-electron chi connectivity index (χ0n) is 13.5. The van der Waals surface area contributed by atoms with E-state index in [9.17, 15) is 0 Å². The van der Waals surface area contributed by atoms with Crippen LogP contribution in [0.2, 0.25) is 0 Å². The van der Waals surface area contributed by atoms with Gasteiger partial charge >= 0.3 is 0 Å². The predicted octanol–water partition coefficient (Wildman–Crippen LogP) is 2.43. The number of aryl methyl sites for hydroxylation is 2. The third kappa shape index (κ3) is 3.61. The third-order valence-electron chi connectivity index (χ3n) is 4.72. The molecule has 1 aliphatic carbocycles. The van der Waals surface area contributed by atoms with Crippen LogP contribution in [0.15, 0.2) is 6.07 Å². The highest BCUT2D eigenvalue weighted by Gasteiger charge is 2.23. The smallest absolute Gasteiger partial charge is 0.0625 e. The van der Waals surface area contributed by atoms with Crippen molar-refractivity contribution < 1.29 is 0 Å². The van der Waals surface area contributed by atoms with E-state index in [1.807, 2.05) is 0 Å². The lowest BCUT2D eigenvalue weighted by molar-refractivity contribution is 0.166. The molecule has 0 radical (unpaired) electrons. The fraction of sp³-hybridized carbons (Fsp3) is 0.812. The first kappa shape index (κ1) is 15.5. The summed E-state index contributed by atoms with van der Waals surface area (Å²) < 4.78 is 2.16. The molecule has 0 atom stereocenters. The van der Waals surface area contributed by atoms with Crippen LogP contribution in [0.5, 0.6) is 0 Å². The lowest BCUT2D eigenvalue weighted by Gasteiger charge is -2.34. The SMILES string of the molecule is CCc1cc(CN(C)C2CCC(NC)CC2)n(CC)n1. The van der Waals surface area contributed by atoms with E-state index in [0.717, 1.165) is 31.6 Å². The highest BCUT2D eigenvalue weighted by Crippen LogP contribution is 2.23. The average Bonchev–Trinajstić information content (AvgIpc) is 2.89. The Morgan fingerprint density at radius 1 is 1.30 bits per heavy atom. The molecule has 0 aliphatic heterocycles. The third-order valence-corrected chi connectivity index (χ3v) is 4.72. The molecule has 1 aliphatic rings. The lowest BCUT2D eigenvalue weighted by atomic mass is 9.90. The fourth-order valence-corrected chi connectivity index (χ4v) is 3.28. The molecule has 0 aromatic carbocycles. The summed E-state index contributed by atoms with van der Waals surface area (Å²) in [4.78, 5) is 2.52. The minimum absolute atomic E-state index is 0.727. The van der Waals surface area contributed by atoms with Gasteiger partial charge in [-0.25, -0.2) is 0 Å². The van der Waals surface area contributed by atoms with Gasteiger partial charge in [-0.1, -0.05) is 6.92 Å². The molecule has 1 fully saturated rings. The van der Waals surface area contributed by atoms with Crippen LogP contribution in [-0.2, 0) is 19.5 Å².